The second kappa shape index (κ2) is 8.35. The summed E-state index contributed by atoms with van der Waals surface area (Å²) in [5, 5.41) is 3.66. The van der Waals surface area contributed by atoms with Gasteiger partial charge in [0.15, 0.2) is 0 Å². The van der Waals surface area contributed by atoms with Crippen molar-refractivity contribution >= 4 is 0 Å². The Balaban J connectivity index is 2.50. The summed E-state index contributed by atoms with van der Waals surface area (Å²) < 4.78 is 0. The summed E-state index contributed by atoms with van der Waals surface area (Å²) in [6.45, 7) is 14.0. The molecule has 20 heavy (non-hydrogen) atoms. The third-order valence-electron chi connectivity index (χ3n) is 5.18. The van der Waals surface area contributed by atoms with Gasteiger partial charge < -0.3 is 15.1 Å². The molecule has 1 unspecified atom stereocenters. The average Bonchev–Trinajstić information content (AvgIpc) is 2.80. The molecule has 0 aliphatic carbocycles. The monoisotopic (exact) mass is 283 g/mol. The van der Waals surface area contributed by atoms with Crippen molar-refractivity contribution in [1.29, 1.82) is 0 Å². The van der Waals surface area contributed by atoms with Crippen LogP contribution in [0, 0.1) is 5.41 Å². The van der Waals surface area contributed by atoms with Crippen LogP contribution in [0.1, 0.15) is 53.4 Å². The molecule has 0 amide bonds. The summed E-state index contributed by atoms with van der Waals surface area (Å²) in [6.07, 6.45) is 5.26. The molecule has 0 aromatic heterocycles. The second-order valence-electron chi connectivity index (χ2n) is 7.22. The predicted molar refractivity (Wildman–Crippen MR) is 89.3 cm³/mol. The molecule has 0 bridgehead atoms. The highest BCUT2D eigenvalue weighted by molar-refractivity contribution is 4.85. The van der Waals surface area contributed by atoms with E-state index < -0.39 is 0 Å². The molecule has 1 atom stereocenters. The third kappa shape index (κ3) is 5.34. The summed E-state index contributed by atoms with van der Waals surface area (Å²) in [5.74, 6) is 0. The zero-order chi connectivity index (χ0) is 15.2. The quantitative estimate of drug-likeness (QED) is 0.702. The van der Waals surface area contributed by atoms with Crippen LogP contribution in [0.5, 0.6) is 0 Å². The van der Waals surface area contributed by atoms with E-state index in [0.29, 0.717) is 11.5 Å². The van der Waals surface area contributed by atoms with Crippen molar-refractivity contribution in [2.24, 2.45) is 5.41 Å². The van der Waals surface area contributed by atoms with Crippen LogP contribution in [0.3, 0.4) is 0 Å². The molecule has 1 aliphatic heterocycles. The van der Waals surface area contributed by atoms with E-state index in [1.807, 2.05) is 0 Å². The van der Waals surface area contributed by atoms with Gasteiger partial charge in [-0.15, -0.1) is 0 Å². The molecule has 0 spiro atoms. The largest absolute Gasteiger partial charge is 0.314 e. The molecule has 0 radical (unpaired) electrons. The van der Waals surface area contributed by atoms with Gasteiger partial charge in [0.25, 0.3) is 0 Å². The van der Waals surface area contributed by atoms with Crippen LogP contribution in [-0.2, 0) is 0 Å². The molecule has 1 saturated heterocycles. The van der Waals surface area contributed by atoms with Crippen molar-refractivity contribution in [3.63, 3.8) is 0 Å². The van der Waals surface area contributed by atoms with Crippen molar-refractivity contribution in [1.82, 2.24) is 15.1 Å². The minimum absolute atomic E-state index is 0.427. The highest BCUT2D eigenvalue weighted by atomic mass is 15.2. The van der Waals surface area contributed by atoms with Gasteiger partial charge in [-0.1, -0.05) is 27.7 Å². The van der Waals surface area contributed by atoms with Crippen LogP contribution in [0.15, 0.2) is 0 Å². The maximum absolute atomic E-state index is 3.66. The Hall–Kier alpha value is -0.120. The first kappa shape index (κ1) is 17.9. The maximum atomic E-state index is 3.66. The Morgan fingerprint density at radius 1 is 1.30 bits per heavy atom. The van der Waals surface area contributed by atoms with E-state index in [1.165, 1.54) is 45.3 Å². The van der Waals surface area contributed by atoms with Crippen LogP contribution < -0.4 is 5.32 Å². The second-order valence-corrected chi connectivity index (χ2v) is 7.22. The Bertz CT molecular complexity index is 261. The fourth-order valence-corrected chi connectivity index (χ4v) is 3.41. The van der Waals surface area contributed by atoms with Crippen LogP contribution in [0.4, 0.5) is 0 Å². The zero-order valence-corrected chi connectivity index (χ0v) is 14.7. The summed E-state index contributed by atoms with van der Waals surface area (Å²) >= 11 is 0. The number of hydrogen-bond donors (Lipinski definition) is 1. The Labute approximate surface area is 127 Å². The van der Waals surface area contributed by atoms with Crippen molar-refractivity contribution < 1.29 is 0 Å². The van der Waals surface area contributed by atoms with Gasteiger partial charge >= 0.3 is 0 Å². The van der Waals surface area contributed by atoms with Gasteiger partial charge in [0, 0.05) is 31.7 Å². The summed E-state index contributed by atoms with van der Waals surface area (Å²) in [7, 11) is 4.58. The average molecular weight is 284 g/mol. The topological polar surface area (TPSA) is 18.5 Å². The van der Waals surface area contributed by atoms with Crippen LogP contribution in [0.25, 0.3) is 0 Å². The lowest BCUT2D eigenvalue weighted by molar-refractivity contribution is 0.129. The normalized spacial score (nSPS) is 21.3. The van der Waals surface area contributed by atoms with E-state index in [-0.39, 0.29) is 0 Å². The maximum Gasteiger partial charge on any atom is 0.0220 e. The number of rotatable bonds is 9. The standard InChI is InChI=1S/C17H37N3/c1-7-17(8-2,13-18-15(3)4)14-19(5)12-16-10-9-11-20(16)6/h15-16,18H,7-14H2,1-6H3. The summed E-state index contributed by atoms with van der Waals surface area (Å²) in [5.41, 5.74) is 0.427. The van der Waals surface area contributed by atoms with Crippen molar-refractivity contribution in [2.45, 2.75) is 65.5 Å². The van der Waals surface area contributed by atoms with Gasteiger partial charge in [-0.2, -0.15) is 0 Å². The molecule has 1 rings (SSSR count). The van der Waals surface area contributed by atoms with Gasteiger partial charge in [-0.3, -0.25) is 0 Å². The van der Waals surface area contributed by atoms with Crippen molar-refractivity contribution in [3.8, 4) is 0 Å². The van der Waals surface area contributed by atoms with Crippen LogP contribution in [0.2, 0.25) is 0 Å². The molecule has 0 aromatic rings. The smallest absolute Gasteiger partial charge is 0.0220 e. The van der Waals surface area contributed by atoms with Crippen LogP contribution >= 0.6 is 0 Å². The number of hydrogen-bond acceptors (Lipinski definition) is 3. The van der Waals surface area contributed by atoms with Gasteiger partial charge in [0.1, 0.15) is 0 Å². The molecular weight excluding hydrogens is 246 g/mol. The van der Waals surface area contributed by atoms with E-state index in [2.05, 4.69) is 56.9 Å². The van der Waals surface area contributed by atoms with E-state index in [0.717, 1.165) is 12.6 Å². The molecule has 0 saturated carbocycles. The lowest BCUT2D eigenvalue weighted by atomic mass is 9.81. The molecule has 1 fully saturated rings. The van der Waals surface area contributed by atoms with Gasteiger partial charge in [-0.05, 0) is 51.7 Å². The first-order valence-corrected chi connectivity index (χ1v) is 8.54. The lowest BCUT2D eigenvalue weighted by Crippen LogP contribution is -2.46. The number of likely N-dealkylation sites (N-methyl/N-ethyl adjacent to an activating group) is 2. The van der Waals surface area contributed by atoms with Gasteiger partial charge in [-0.25, -0.2) is 0 Å². The minimum atomic E-state index is 0.427. The van der Waals surface area contributed by atoms with Crippen molar-refractivity contribution in [3.05, 3.63) is 0 Å². The number of likely N-dealkylation sites (tertiary alicyclic amines) is 1. The molecule has 3 nitrogen and oxygen atoms in total. The zero-order valence-electron chi connectivity index (χ0n) is 14.7. The first-order valence-electron chi connectivity index (χ1n) is 8.54. The van der Waals surface area contributed by atoms with Crippen molar-refractivity contribution in [2.75, 3.05) is 40.3 Å². The molecular formula is C17H37N3. The Morgan fingerprint density at radius 3 is 2.40 bits per heavy atom. The van der Waals surface area contributed by atoms with E-state index >= 15 is 0 Å². The molecule has 1 N–H and O–H groups in total. The lowest BCUT2D eigenvalue weighted by Gasteiger charge is -2.38. The number of nitrogens with one attached hydrogen (secondary N) is 1. The highest BCUT2D eigenvalue weighted by Crippen LogP contribution is 2.27. The third-order valence-corrected chi connectivity index (χ3v) is 5.18. The highest BCUT2D eigenvalue weighted by Gasteiger charge is 2.29. The molecule has 3 heteroatoms. The van der Waals surface area contributed by atoms with Crippen LogP contribution in [-0.4, -0.2) is 62.2 Å². The summed E-state index contributed by atoms with van der Waals surface area (Å²) in [6, 6.07) is 1.35. The molecule has 120 valence electrons. The molecule has 0 aromatic carbocycles. The Kier molecular flexibility index (Phi) is 7.49. The number of nitrogens with zero attached hydrogens (tertiary/aromatic N) is 2. The Morgan fingerprint density at radius 2 is 1.95 bits per heavy atom. The fourth-order valence-electron chi connectivity index (χ4n) is 3.41. The summed E-state index contributed by atoms with van der Waals surface area (Å²) in [4.78, 5) is 5.10. The van der Waals surface area contributed by atoms with E-state index in [4.69, 9.17) is 0 Å². The first-order chi connectivity index (χ1) is 9.42. The van der Waals surface area contributed by atoms with E-state index in [1.54, 1.807) is 0 Å². The molecule has 1 heterocycles. The SMILES string of the molecule is CCC(CC)(CNC(C)C)CN(C)CC1CCCN1C. The van der Waals surface area contributed by atoms with E-state index in [9.17, 15) is 0 Å². The van der Waals surface area contributed by atoms with Gasteiger partial charge in [0.05, 0.1) is 0 Å². The minimum Gasteiger partial charge on any atom is -0.314 e. The molecule has 1 aliphatic rings. The van der Waals surface area contributed by atoms with Gasteiger partial charge in [0.2, 0.25) is 0 Å². The predicted octanol–water partition coefficient (Wildman–Crippen LogP) is 2.82. The fraction of sp³-hybridized carbons (Fsp3) is 1.00.